The Kier molecular flexibility index (Phi) is 48.0. The Bertz CT molecular complexity index is 297. The maximum atomic E-state index is 5.07. The van der Waals surface area contributed by atoms with E-state index in [0.717, 1.165) is 0 Å². The topological polar surface area (TPSA) is 185 Å². The molecule has 0 saturated carbocycles. The smallest absolute Gasteiger partial charge is 0.234 e. The molecule has 0 saturated heterocycles. The number of rotatable bonds is 5. The summed E-state index contributed by atoms with van der Waals surface area (Å²) in [4.78, 5) is 8.70. The van der Waals surface area contributed by atoms with Gasteiger partial charge in [0.05, 0.1) is 13.2 Å². The highest BCUT2D eigenvalue weighted by atomic mass is 127. The maximum Gasteiger partial charge on any atom is 0.234 e. The first-order chi connectivity index (χ1) is 9.53. The maximum absolute atomic E-state index is 5.07. The number of hydrogen-bond acceptors (Lipinski definition) is 8. The van der Waals surface area contributed by atoms with Crippen LogP contribution in [0.5, 0.6) is 0 Å². The van der Waals surface area contributed by atoms with E-state index in [4.69, 9.17) is 23.2 Å². The lowest BCUT2D eigenvalue weighted by atomic mass is 10.7. The van der Waals surface area contributed by atoms with Gasteiger partial charge in [0, 0.05) is 0 Å². The third-order valence-corrected chi connectivity index (χ3v) is 1.59. The number of nitrogens with two attached hydrogens (primary N) is 5. The Morgan fingerprint density at radius 2 is 1.68 bits per heavy atom. The van der Waals surface area contributed by atoms with Crippen molar-refractivity contribution < 1.29 is 9.68 Å². The molecule has 0 aromatic heterocycles. The van der Waals surface area contributed by atoms with E-state index >= 15 is 0 Å². The normalized spacial score (nSPS) is 9.36. The van der Waals surface area contributed by atoms with Gasteiger partial charge in [0.15, 0.2) is 5.17 Å². The predicted molar refractivity (Wildman–Crippen MR) is 107 cm³/mol. The molecule has 11 N–H and O–H groups in total. The summed E-state index contributed by atoms with van der Waals surface area (Å²) in [6.45, 7) is 7.54. The van der Waals surface area contributed by atoms with Gasteiger partial charge < -0.3 is 28.0 Å². The molecule has 13 heteroatoms. The molecule has 134 valence electrons. The molecule has 0 aliphatic rings. The van der Waals surface area contributed by atoms with Crippen LogP contribution in [0.15, 0.2) is 35.5 Å². The van der Waals surface area contributed by atoms with Crippen molar-refractivity contribution >= 4 is 59.3 Å². The Morgan fingerprint density at radius 1 is 1.18 bits per heavy atom. The van der Waals surface area contributed by atoms with Crippen molar-refractivity contribution in [2.45, 2.75) is 0 Å². The van der Waals surface area contributed by atoms with Crippen LogP contribution in [0.3, 0.4) is 0 Å². The third kappa shape index (κ3) is 42.7. The third-order valence-electron chi connectivity index (χ3n) is 1.07. The molecule has 0 aliphatic carbocycles. The van der Waals surface area contributed by atoms with Crippen molar-refractivity contribution in [2.75, 3.05) is 19.5 Å². The summed E-state index contributed by atoms with van der Waals surface area (Å²) >= 11 is 1.33. The number of thioether (sulfide) groups is 1. The zero-order valence-corrected chi connectivity index (χ0v) is 16.3. The van der Waals surface area contributed by atoms with Crippen LogP contribution in [0.1, 0.15) is 0 Å². The first-order valence-corrected chi connectivity index (χ1v) is 6.28. The summed E-state index contributed by atoms with van der Waals surface area (Å²) in [5.41, 5.74) is 12.4. The molecule has 0 aromatic rings. The molecule has 0 bridgehead atoms. The van der Waals surface area contributed by atoms with Gasteiger partial charge in [-0.15, -0.1) is 54.6 Å². The average molecular weight is 473 g/mol. The summed E-state index contributed by atoms with van der Waals surface area (Å²) in [5.74, 6) is 14.1. The summed E-state index contributed by atoms with van der Waals surface area (Å²) in [6.07, 6.45) is 4.96. The molecule has 0 atom stereocenters. The number of nitrogens with zero attached hydrogens (tertiary/aromatic N) is 2. The fourth-order valence-electron chi connectivity index (χ4n) is 0.322. The van der Waals surface area contributed by atoms with Crippen molar-refractivity contribution in [1.82, 2.24) is 5.48 Å². The van der Waals surface area contributed by atoms with Gasteiger partial charge in [-0.2, -0.15) is 5.10 Å². The molecule has 0 spiro atoms. The van der Waals surface area contributed by atoms with E-state index in [-0.39, 0.29) is 42.3 Å². The Labute approximate surface area is 158 Å². The number of hydrogen-bond donors (Lipinski definition) is 6. The fourth-order valence-corrected chi connectivity index (χ4v) is 0.427. The van der Waals surface area contributed by atoms with Gasteiger partial charge in [0.2, 0.25) is 5.96 Å². The van der Waals surface area contributed by atoms with Crippen molar-refractivity contribution in [2.24, 2.45) is 39.3 Å². The molecule has 0 aromatic carbocycles. The van der Waals surface area contributed by atoms with Crippen LogP contribution in [-0.2, 0) is 9.68 Å². The van der Waals surface area contributed by atoms with E-state index in [0.29, 0.717) is 18.4 Å². The van der Waals surface area contributed by atoms with Gasteiger partial charge in [0.1, 0.15) is 0 Å². The minimum Gasteiger partial charge on any atom is -0.377 e. The van der Waals surface area contributed by atoms with Crippen LogP contribution in [0.2, 0.25) is 0 Å². The minimum absolute atomic E-state index is 0. The van der Waals surface area contributed by atoms with Gasteiger partial charge >= 0.3 is 0 Å². The lowest BCUT2D eigenvalue weighted by molar-refractivity contribution is 0.109. The van der Waals surface area contributed by atoms with E-state index in [2.05, 4.69) is 44.4 Å². The number of hydrazone groups is 2. The molecule has 0 fully saturated rings. The lowest BCUT2D eigenvalue weighted by Gasteiger charge is -2.00. The number of halogens is 2. The summed E-state index contributed by atoms with van der Waals surface area (Å²) in [5, 5.41) is 6.66. The predicted octanol–water partition coefficient (Wildman–Crippen LogP) is -0.478. The molecule has 10 nitrogen and oxygen atoms in total. The first-order valence-electron chi connectivity index (χ1n) is 5.05. The van der Waals surface area contributed by atoms with Crippen molar-refractivity contribution in [3.63, 3.8) is 0 Å². The van der Waals surface area contributed by atoms with E-state index in [1.54, 1.807) is 12.2 Å². The van der Waals surface area contributed by atoms with E-state index < -0.39 is 0 Å². The largest absolute Gasteiger partial charge is 0.377 e. The highest BCUT2D eigenvalue weighted by Crippen LogP contribution is 1.85. The van der Waals surface area contributed by atoms with E-state index in [1.165, 1.54) is 11.8 Å². The standard InChI is InChI=1S/C4H10N4O.C3H7NO.C2H7N3S.ClH.HI/c1-2-3-9-8-4(5)7-6;1-2-3-5-4;1-6-2(3)5-4;;/h2H,1,3,6H2,(H3,5,7,8);2H,1,3-4H2;4H2,1H3,(H2,3,5);2*1H. The van der Waals surface area contributed by atoms with Gasteiger partial charge in [-0.3, -0.25) is 4.84 Å². The van der Waals surface area contributed by atoms with Crippen molar-refractivity contribution in [3.8, 4) is 0 Å². The molecule has 0 rings (SSSR count). The molecule has 22 heavy (non-hydrogen) atoms. The highest BCUT2D eigenvalue weighted by molar-refractivity contribution is 14.0. The average Bonchev–Trinajstić information content (AvgIpc) is 2.48. The molecular weight excluding hydrogens is 447 g/mol. The Hall–Kier alpha value is -0.930. The molecule has 0 unspecified atom stereocenters. The Morgan fingerprint density at radius 3 is 1.86 bits per heavy atom. The van der Waals surface area contributed by atoms with Crippen molar-refractivity contribution in [1.29, 1.82) is 0 Å². The fraction of sp³-hybridized carbons (Fsp3) is 0.333. The van der Waals surface area contributed by atoms with Crippen LogP contribution in [-0.4, -0.2) is 30.6 Å². The summed E-state index contributed by atoms with van der Waals surface area (Å²) < 4.78 is 0. The summed E-state index contributed by atoms with van der Waals surface area (Å²) in [6, 6.07) is 0. The zero-order chi connectivity index (χ0) is 16.2. The second-order valence-corrected chi connectivity index (χ2v) is 3.34. The van der Waals surface area contributed by atoms with Gasteiger partial charge in [-0.1, -0.05) is 23.9 Å². The van der Waals surface area contributed by atoms with Crippen LogP contribution in [0.4, 0.5) is 0 Å². The van der Waals surface area contributed by atoms with Crippen molar-refractivity contribution in [3.05, 3.63) is 25.3 Å². The van der Waals surface area contributed by atoms with E-state index in [9.17, 15) is 0 Å². The zero-order valence-electron chi connectivity index (χ0n) is 12.3. The van der Waals surface area contributed by atoms with Crippen LogP contribution in [0.25, 0.3) is 0 Å². The van der Waals surface area contributed by atoms with Crippen LogP contribution >= 0.6 is 48.1 Å². The molecule has 0 radical (unpaired) electrons. The minimum atomic E-state index is 0. The van der Waals surface area contributed by atoms with Gasteiger partial charge in [0.25, 0.3) is 0 Å². The second-order valence-electron chi connectivity index (χ2n) is 2.51. The SMILES string of the molecule is C=CCON.C=CCONC(N)=NN.CSC(N)=NN.Cl.I. The number of nitrogens with one attached hydrogen (secondary N) is 1. The number of amidine groups is 1. The van der Waals surface area contributed by atoms with Crippen LogP contribution in [0, 0.1) is 0 Å². The number of hydroxylamine groups is 1. The molecule has 0 heterocycles. The molecule has 0 amide bonds. The molecule has 0 aliphatic heterocycles. The quantitative estimate of drug-likeness (QED) is 0.0584. The number of guanidine groups is 1. The first kappa shape index (κ1) is 32.9. The van der Waals surface area contributed by atoms with E-state index in [1.807, 2.05) is 6.26 Å². The van der Waals surface area contributed by atoms with Gasteiger partial charge in [-0.05, 0) is 6.26 Å². The Balaban J connectivity index is -0.0000000659. The van der Waals surface area contributed by atoms with Gasteiger partial charge in [-0.25, -0.2) is 11.4 Å². The monoisotopic (exact) mass is 472 g/mol. The second kappa shape index (κ2) is 32.1. The highest BCUT2D eigenvalue weighted by Gasteiger charge is 1.83. The lowest BCUT2D eigenvalue weighted by Crippen LogP contribution is -2.32. The molecular formula is C9H26ClIN8O2S. The van der Waals surface area contributed by atoms with Crippen LogP contribution < -0.4 is 34.5 Å². The summed E-state index contributed by atoms with van der Waals surface area (Å²) in [7, 11) is 0.